The Kier molecular flexibility index (Phi) is 6.81. The SMILES string of the molecule is Cc1cn(-c2cc(C(=O)NC3CC3)ccn2)c2ccc(N(CC(=O)O)S(=O)(=O)c3cc(Cl)cc(Cl)c3)cc12. The van der Waals surface area contributed by atoms with Gasteiger partial charge in [0.05, 0.1) is 16.1 Å². The average molecular weight is 573 g/mol. The summed E-state index contributed by atoms with van der Waals surface area (Å²) in [5.74, 6) is -0.980. The summed E-state index contributed by atoms with van der Waals surface area (Å²) in [7, 11) is -4.32. The van der Waals surface area contributed by atoms with Gasteiger partial charge in [-0.15, -0.1) is 0 Å². The molecule has 0 bridgehead atoms. The number of pyridine rings is 1. The van der Waals surface area contributed by atoms with Gasteiger partial charge in [0.1, 0.15) is 12.4 Å². The monoisotopic (exact) mass is 572 g/mol. The quantitative estimate of drug-likeness (QED) is 0.312. The Bertz CT molecular complexity index is 1680. The number of carboxylic acid groups (broad SMARTS) is 1. The van der Waals surface area contributed by atoms with E-state index in [0.717, 1.165) is 22.7 Å². The van der Waals surface area contributed by atoms with Crippen LogP contribution < -0.4 is 9.62 Å². The van der Waals surface area contributed by atoms with Crippen LogP contribution in [0, 0.1) is 6.92 Å². The number of hydrogen-bond donors (Lipinski definition) is 2. The molecule has 2 heterocycles. The molecule has 2 N–H and O–H groups in total. The molecule has 5 rings (SSSR count). The van der Waals surface area contributed by atoms with Crippen LogP contribution in [0.3, 0.4) is 0 Å². The first-order chi connectivity index (χ1) is 18.0. The number of carbonyl (C=O) groups excluding carboxylic acids is 1. The summed E-state index contributed by atoms with van der Waals surface area (Å²) in [6.07, 6.45) is 5.34. The standard InChI is InChI=1S/C26H22Cl2N4O5S/c1-15-13-31(24-8-16(6-7-29-24)26(35)30-19-2-3-19)23-5-4-20(12-22(15)23)32(14-25(33)34)38(36,37)21-10-17(27)9-18(28)11-21/h4-13,19H,2-3,14H2,1H3,(H,30,35)(H,33,34). The van der Waals surface area contributed by atoms with Crippen LogP contribution in [0.25, 0.3) is 16.7 Å². The predicted octanol–water partition coefficient (Wildman–Crippen LogP) is 4.81. The predicted molar refractivity (Wildman–Crippen MR) is 145 cm³/mol. The van der Waals surface area contributed by atoms with Crippen LogP contribution in [0.1, 0.15) is 28.8 Å². The zero-order valence-electron chi connectivity index (χ0n) is 20.1. The van der Waals surface area contributed by atoms with Crippen LogP contribution in [-0.2, 0) is 14.8 Å². The molecule has 12 heteroatoms. The van der Waals surface area contributed by atoms with Crippen LogP contribution >= 0.6 is 23.2 Å². The van der Waals surface area contributed by atoms with Gasteiger partial charge in [-0.1, -0.05) is 23.2 Å². The molecule has 1 fully saturated rings. The van der Waals surface area contributed by atoms with Crippen molar-refractivity contribution in [2.45, 2.75) is 30.7 Å². The number of carboxylic acids is 1. The van der Waals surface area contributed by atoms with Gasteiger partial charge in [0.15, 0.2) is 0 Å². The highest BCUT2D eigenvalue weighted by molar-refractivity contribution is 7.92. The highest BCUT2D eigenvalue weighted by Gasteiger charge is 2.29. The lowest BCUT2D eigenvalue weighted by Gasteiger charge is -2.23. The molecule has 0 unspecified atom stereocenters. The number of rotatable bonds is 8. The largest absolute Gasteiger partial charge is 0.480 e. The highest BCUT2D eigenvalue weighted by atomic mass is 35.5. The number of benzene rings is 2. The fourth-order valence-corrected chi connectivity index (χ4v) is 6.29. The molecule has 9 nitrogen and oxygen atoms in total. The number of carbonyl (C=O) groups is 2. The van der Waals surface area contributed by atoms with Crippen LogP contribution in [0.4, 0.5) is 5.69 Å². The zero-order chi connectivity index (χ0) is 27.2. The number of halogens is 2. The molecule has 0 spiro atoms. The molecule has 1 aliphatic rings. The van der Waals surface area contributed by atoms with Crippen molar-refractivity contribution in [2.75, 3.05) is 10.8 Å². The number of anilines is 1. The topological polar surface area (TPSA) is 122 Å². The maximum atomic E-state index is 13.5. The number of nitrogens with one attached hydrogen (secondary N) is 1. The number of hydrogen-bond acceptors (Lipinski definition) is 5. The number of aryl methyl sites for hydroxylation is 1. The summed E-state index contributed by atoms with van der Waals surface area (Å²) >= 11 is 12.0. The molecule has 1 aliphatic carbocycles. The first-order valence-corrected chi connectivity index (χ1v) is 13.8. The van der Waals surface area contributed by atoms with Gasteiger partial charge in [0.2, 0.25) is 0 Å². The Morgan fingerprint density at radius 1 is 1.11 bits per heavy atom. The Hall–Kier alpha value is -3.60. The van der Waals surface area contributed by atoms with Crippen LogP contribution in [0.15, 0.2) is 65.8 Å². The summed E-state index contributed by atoms with van der Waals surface area (Å²) < 4.78 is 29.6. The number of aliphatic carboxylic acids is 1. The van der Waals surface area contributed by atoms with Crippen LogP contribution in [0.2, 0.25) is 10.0 Å². The molecule has 0 saturated heterocycles. The van der Waals surface area contributed by atoms with E-state index < -0.39 is 22.5 Å². The first kappa shape index (κ1) is 26.0. The lowest BCUT2D eigenvalue weighted by atomic mass is 10.1. The Morgan fingerprint density at radius 2 is 1.82 bits per heavy atom. The van der Waals surface area contributed by atoms with Gasteiger partial charge in [-0.25, -0.2) is 13.4 Å². The van der Waals surface area contributed by atoms with Gasteiger partial charge in [-0.05, 0) is 73.9 Å². The van der Waals surface area contributed by atoms with E-state index in [1.54, 1.807) is 35.0 Å². The summed E-state index contributed by atoms with van der Waals surface area (Å²) in [6.45, 7) is 1.04. The third-order valence-electron chi connectivity index (χ3n) is 6.15. The van der Waals surface area contributed by atoms with Crippen LogP contribution in [-0.4, -0.2) is 47.5 Å². The molecule has 196 valence electrons. The molecule has 0 aliphatic heterocycles. The second kappa shape index (κ2) is 9.94. The van der Waals surface area contributed by atoms with Crippen molar-refractivity contribution < 1.29 is 23.1 Å². The summed E-state index contributed by atoms with van der Waals surface area (Å²) in [4.78, 5) is 28.4. The van der Waals surface area contributed by atoms with Crippen molar-refractivity contribution in [1.29, 1.82) is 0 Å². The first-order valence-electron chi connectivity index (χ1n) is 11.6. The average Bonchev–Trinajstić information content (AvgIpc) is 3.62. The van der Waals surface area contributed by atoms with E-state index in [9.17, 15) is 23.1 Å². The van der Waals surface area contributed by atoms with Gasteiger partial charge < -0.3 is 15.0 Å². The van der Waals surface area contributed by atoms with Crippen molar-refractivity contribution in [3.05, 3.63) is 82.1 Å². The van der Waals surface area contributed by atoms with Crippen molar-refractivity contribution in [2.24, 2.45) is 0 Å². The lowest BCUT2D eigenvalue weighted by Crippen LogP contribution is -2.35. The normalized spacial score (nSPS) is 13.4. The second-order valence-corrected chi connectivity index (χ2v) is 11.8. The molecule has 2 aromatic carbocycles. The van der Waals surface area contributed by atoms with Gasteiger partial charge in [-0.2, -0.15) is 0 Å². The van der Waals surface area contributed by atoms with E-state index in [4.69, 9.17) is 23.2 Å². The minimum Gasteiger partial charge on any atom is -0.480 e. The highest BCUT2D eigenvalue weighted by Crippen LogP contribution is 2.32. The Labute approximate surface area is 228 Å². The minimum atomic E-state index is -4.32. The van der Waals surface area contributed by atoms with Gasteiger partial charge >= 0.3 is 5.97 Å². The molecule has 4 aromatic rings. The van der Waals surface area contributed by atoms with E-state index >= 15 is 0 Å². The third-order valence-corrected chi connectivity index (χ3v) is 8.33. The van der Waals surface area contributed by atoms with E-state index in [1.165, 1.54) is 24.3 Å². The van der Waals surface area contributed by atoms with Crippen molar-refractivity contribution in [1.82, 2.24) is 14.9 Å². The number of fused-ring (bicyclic) bond motifs is 1. The van der Waals surface area contributed by atoms with E-state index in [1.807, 2.05) is 13.1 Å². The number of amides is 1. The maximum Gasteiger partial charge on any atom is 0.324 e. The van der Waals surface area contributed by atoms with Crippen molar-refractivity contribution in [3.8, 4) is 5.82 Å². The summed E-state index contributed by atoms with van der Waals surface area (Å²) in [6, 6.07) is 12.2. The van der Waals surface area contributed by atoms with E-state index in [0.29, 0.717) is 22.3 Å². The van der Waals surface area contributed by atoms with Gasteiger partial charge in [0, 0.05) is 39.4 Å². The molecular formula is C26H22Cl2N4O5S. The van der Waals surface area contributed by atoms with Crippen molar-refractivity contribution >= 4 is 61.7 Å². The summed E-state index contributed by atoms with van der Waals surface area (Å²) in [5, 5.41) is 13.4. The Balaban J connectivity index is 1.56. The molecular weight excluding hydrogens is 551 g/mol. The fourth-order valence-electron chi connectivity index (χ4n) is 4.16. The zero-order valence-corrected chi connectivity index (χ0v) is 22.4. The molecule has 38 heavy (non-hydrogen) atoms. The Morgan fingerprint density at radius 3 is 2.47 bits per heavy atom. The van der Waals surface area contributed by atoms with Crippen molar-refractivity contribution in [3.63, 3.8) is 0 Å². The van der Waals surface area contributed by atoms with E-state index in [2.05, 4.69) is 10.3 Å². The number of nitrogens with zero attached hydrogens (tertiary/aromatic N) is 3. The second-order valence-electron chi connectivity index (χ2n) is 9.04. The lowest BCUT2D eigenvalue weighted by molar-refractivity contribution is -0.135. The molecule has 0 radical (unpaired) electrons. The third kappa shape index (κ3) is 5.20. The molecule has 1 saturated carbocycles. The molecule has 1 amide bonds. The molecule has 0 atom stereocenters. The molecule has 2 aromatic heterocycles. The van der Waals surface area contributed by atoms with Crippen LogP contribution in [0.5, 0.6) is 0 Å². The number of aromatic nitrogens is 2. The maximum absolute atomic E-state index is 13.5. The number of sulfonamides is 1. The fraction of sp³-hybridized carbons (Fsp3) is 0.192. The summed E-state index contributed by atoms with van der Waals surface area (Å²) in [5.41, 5.74) is 2.14. The van der Waals surface area contributed by atoms with Gasteiger partial charge in [0.25, 0.3) is 15.9 Å². The minimum absolute atomic E-state index is 0.107. The van der Waals surface area contributed by atoms with E-state index in [-0.39, 0.29) is 32.6 Å². The van der Waals surface area contributed by atoms with Gasteiger partial charge in [-0.3, -0.25) is 13.9 Å². The smallest absolute Gasteiger partial charge is 0.324 e.